The quantitative estimate of drug-likeness (QED) is 0.759. The zero-order chi connectivity index (χ0) is 11.3. The lowest BCUT2D eigenvalue weighted by Crippen LogP contribution is -2.47. The monoisotopic (exact) mass is 213 g/mol. The molecule has 1 aliphatic carbocycles. The van der Waals surface area contributed by atoms with Crippen molar-refractivity contribution in [1.29, 1.82) is 0 Å². The molecular weight excluding hydrogens is 186 g/mol. The molecule has 1 fully saturated rings. The van der Waals surface area contributed by atoms with Gasteiger partial charge in [0.15, 0.2) is 0 Å². The average molecular weight is 213 g/mol. The van der Waals surface area contributed by atoms with Gasteiger partial charge in [-0.15, -0.1) is 0 Å². The fourth-order valence-electron chi connectivity index (χ4n) is 2.85. The Bertz CT molecular complexity index is 164. The molecule has 1 N–H and O–H groups in total. The summed E-state index contributed by atoms with van der Waals surface area (Å²) in [6.45, 7) is 7.53. The van der Waals surface area contributed by atoms with Gasteiger partial charge in [0.05, 0.1) is 6.10 Å². The minimum absolute atomic E-state index is 0.160. The number of aliphatic hydroxyl groups is 1. The summed E-state index contributed by atoms with van der Waals surface area (Å²) < 4.78 is 0. The predicted octanol–water partition coefficient (Wildman–Crippen LogP) is 2.80. The van der Waals surface area contributed by atoms with E-state index >= 15 is 0 Å². The number of hydrogen-bond donors (Lipinski definition) is 1. The van der Waals surface area contributed by atoms with Crippen LogP contribution >= 0.6 is 0 Å². The summed E-state index contributed by atoms with van der Waals surface area (Å²) in [6, 6.07) is 1.04. The molecule has 1 rings (SSSR count). The minimum atomic E-state index is -0.160. The molecule has 0 amide bonds. The third kappa shape index (κ3) is 3.46. The highest BCUT2D eigenvalue weighted by atomic mass is 16.3. The number of nitrogens with zero attached hydrogens (tertiary/aromatic N) is 1. The first-order valence-corrected chi connectivity index (χ1v) is 6.64. The SMILES string of the molecule is CCC(O)C(C)N(CC)C1CCCCC1. The van der Waals surface area contributed by atoms with E-state index in [4.69, 9.17) is 0 Å². The molecule has 1 aliphatic rings. The molecule has 0 heterocycles. The van der Waals surface area contributed by atoms with Crippen molar-refractivity contribution in [3.05, 3.63) is 0 Å². The molecule has 0 radical (unpaired) electrons. The van der Waals surface area contributed by atoms with E-state index in [1.807, 2.05) is 0 Å². The highest BCUT2D eigenvalue weighted by Crippen LogP contribution is 2.25. The van der Waals surface area contributed by atoms with E-state index in [9.17, 15) is 5.11 Å². The van der Waals surface area contributed by atoms with Gasteiger partial charge >= 0.3 is 0 Å². The maximum atomic E-state index is 9.92. The normalized spacial score (nSPS) is 23.0. The van der Waals surface area contributed by atoms with Crippen LogP contribution in [0.5, 0.6) is 0 Å². The van der Waals surface area contributed by atoms with Crippen molar-refractivity contribution in [3.63, 3.8) is 0 Å². The average Bonchev–Trinajstić information content (AvgIpc) is 2.30. The van der Waals surface area contributed by atoms with Gasteiger partial charge in [0.2, 0.25) is 0 Å². The Morgan fingerprint density at radius 1 is 1.20 bits per heavy atom. The van der Waals surface area contributed by atoms with Gasteiger partial charge in [-0.3, -0.25) is 4.90 Å². The van der Waals surface area contributed by atoms with Crippen LogP contribution < -0.4 is 0 Å². The summed E-state index contributed by atoms with van der Waals surface area (Å²) in [5.74, 6) is 0. The van der Waals surface area contributed by atoms with Gasteiger partial charge in [0.1, 0.15) is 0 Å². The van der Waals surface area contributed by atoms with E-state index in [1.165, 1.54) is 32.1 Å². The van der Waals surface area contributed by atoms with Crippen LogP contribution in [0.3, 0.4) is 0 Å². The molecular formula is C13H27NO. The first kappa shape index (κ1) is 13.0. The molecule has 0 spiro atoms. The molecule has 90 valence electrons. The molecule has 0 saturated heterocycles. The van der Waals surface area contributed by atoms with Crippen LogP contribution in [0.15, 0.2) is 0 Å². The second-order valence-electron chi connectivity index (χ2n) is 4.84. The van der Waals surface area contributed by atoms with E-state index in [0.29, 0.717) is 6.04 Å². The Kier molecular flexibility index (Phi) is 5.62. The van der Waals surface area contributed by atoms with Crippen LogP contribution in [-0.4, -0.2) is 34.7 Å². The summed E-state index contributed by atoms with van der Waals surface area (Å²) in [5, 5.41) is 9.92. The molecule has 15 heavy (non-hydrogen) atoms. The lowest BCUT2D eigenvalue weighted by molar-refractivity contribution is 0.0237. The Morgan fingerprint density at radius 2 is 1.80 bits per heavy atom. The number of rotatable bonds is 5. The largest absolute Gasteiger partial charge is 0.392 e. The van der Waals surface area contributed by atoms with E-state index in [-0.39, 0.29) is 6.10 Å². The summed E-state index contributed by atoms with van der Waals surface area (Å²) in [6.07, 6.45) is 7.50. The standard InChI is InChI=1S/C13H27NO/c1-4-13(15)11(3)14(5-2)12-9-7-6-8-10-12/h11-13,15H,4-10H2,1-3H3. The molecule has 1 saturated carbocycles. The van der Waals surface area contributed by atoms with Gasteiger partial charge in [-0.1, -0.05) is 33.1 Å². The van der Waals surface area contributed by atoms with Gasteiger partial charge in [0, 0.05) is 12.1 Å². The maximum Gasteiger partial charge on any atom is 0.0690 e. The van der Waals surface area contributed by atoms with Crippen molar-refractivity contribution < 1.29 is 5.11 Å². The van der Waals surface area contributed by atoms with E-state index in [1.54, 1.807) is 0 Å². The van der Waals surface area contributed by atoms with Crippen LogP contribution in [0.2, 0.25) is 0 Å². The molecule has 0 aromatic heterocycles. The fraction of sp³-hybridized carbons (Fsp3) is 1.00. The second kappa shape index (κ2) is 6.49. The van der Waals surface area contributed by atoms with Crippen LogP contribution in [-0.2, 0) is 0 Å². The Balaban J connectivity index is 2.52. The first-order valence-electron chi connectivity index (χ1n) is 6.64. The molecule has 0 aromatic carbocycles. The minimum Gasteiger partial charge on any atom is -0.392 e. The van der Waals surface area contributed by atoms with Crippen LogP contribution in [0.4, 0.5) is 0 Å². The van der Waals surface area contributed by atoms with E-state index in [0.717, 1.165) is 19.0 Å². The maximum absolute atomic E-state index is 9.92. The van der Waals surface area contributed by atoms with E-state index in [2.05, 4.69) is 25.7 Å². The van der Waals surface area contributed by atoms with Crippen molar-refractivity contribution in [2.24, 2.45) is 0 Å². The van der Waals surface area contributed by atoms with Gasteiger partial charge in [0.25, 0.3) is 0 Å². The second-order valence-corrected chi connectivity index (χ2v) is 4.84. The first-order chi connectivity index (χ1) is 7.20. The van der Waals surface area contributed by atoms with Crippen LogP contribution in [0.1, 0.15) is 59.3 Å². The predicted molar refractivity (Wildman–Crippen MR) is 65.0 cm³/mol. The molecule has 2 atom stereocenters. The van der Waals surface area contributed by atoms with Crippen molar-refractivity contribution in [2.45, 2.75) is 77.5 Å². The van der Waals surface area contributed by atoms with Gasteiger partial charge in [-0.25, -0.2) is 0 Å². The lowest BCUT2D eigenvalue weighted by atomic mass is 9.92. The summed E-state index contributed by atoms with van der Waals surface area (Å²) in [5.41, 5.74) is 0. The smallest absolute Gasteiger partial charge is 0.0690 e. The molecule has 2 unspecified atom stereocenters. The van der Waals surface area contributed by atoms with Crippen LogP contribution in [0, 0.1) is 0 Å². The number of hydrogen-bond acceptors (Lipinski definition) is 2. The lowest BCUT2D eigenvalue weighted by Gasteiger charge is -2.39. The topological polar surface area (TPSA) is 23.5 Å². The van der Waals surface area contributed by atoms with E-state index < -0.39 is 0 Å². The summed E-state index contributed by atoms with van der Waals surface area (Å²) >= 11 is 0. The molecule has 2 nitrogen and oxygen atoms in total. The highest BCUT2D eigenvalue weighted by molar-refractivity contribution is 4.82. The molecule has 2 heteroatoms. The summed E-state index contributed by atoms with van der Waals surface area (Å²) in [4.78, 5) is 2.51. The zero-order valence-corrected chi connectivity index (χ0v) is 10.6. The van der Waals surface area contributed by atoms with Crippen molar-refractivity contribution in [1.82, 2.24) is 4.90 Å². The summed E-state index contributed by atoms with van der Waals surface area (Å²) in [7, 11) is 0. The van der Waals surface area contributed by atoms with Crippen molar-refractivity contribution >= 4 is 0 Å². The number of likely N-dealkylation sites (N-methyl/N-ethyl adjacent to an activating group) is 1. The zero-order valence-electron chi connectivity index (χ0n) is 10.6. The van der Waals surface area contributed by atoms with Gasteiger partial charge in [-0.2, -0.15) is 0 Å². The third-order valence-corrected chi connectivity index (χ3v) is 3.91. The van der Waals surface area contributed by atoms with Gasteiger partial charge in [-0.05, 0) is 32.7 Å². The Hall–Kier alpha value is -0.0800. The van der Waals surface area contributed by atoms with Crippen molar-refractivity contribution in [3.8, 4) is 0 Å². The highest BCUT2D eigenvalue weighted by Gasteiger charge is 2.26. The fourth-order valence-corrected chi connectivity index (χ4v) is 2.85. The molecule has 0 aromatic rings. The molecule has 0 bridgehead atoms. The molecule has 0 aliphatic heterocycles. The van der Waals surface area contributed by atoms with Crippen LogP contribution in [0.25, 0.3) is 0 Å². The third-order valence-electron chi connectivity index (χ3n) is 3.91. The van der Waals surface area contributed by atoms with Gasteiger partial charge < -0.3 is 5.11 Å². The Morgan fingerprint density at radius 3 is 2.27 bits per heavy atom. The number of aliphatic hydroxyl groups excluding tert-OH is 1. The Labute approximate surface area is 94.7 Å². The van der Waals surface area contributed by atoms with Crippen molar-refractivity contribution in [2.75, 3.05) is 6.54 Å².